The van der Waals surface area contributed by atoms with Gasteiger partial charge in [-0.3, -0.25) is 14.4 Å². The number of amides is 3. The van der Waals surface area contributed by atoms with Crippen molar-refractivity contribution in [2.75, 3.05) is 38.7 Å². The number of nitrogens with zero attached hydrogens (tertiary/aromatic N) is 3. The van der Waals surface area contributed by atoms with E-state index in [-0.39, 0.29) is 36.7 Å². The van der Waals surface area contributed by atoms with Crippen molar-refractivity contribution in [2.24, 2.45) is 0 Å². The van der Waals surface area contributed by atoms with Gasteiger partial charge in [0.15, 0.2) is 0 Å². The number of halogens is 1. The van der Waals surface area contributed by atoms with E-state index in [0.29, 0.717) is 41.9 Å². The molecular weight excluding hydrogens is 417 g/mol. The van der Waals surface area contributed by atoms with Crippen LogP contribution < -0.4 is 10.6 Å². The summed E-state index contributed by atoms with van der Waals surface area (Å²) in [6.07, 6.45) is 1.59. The normalized spacial score (nSPS) is 13.8. The van der Waals surface area contributed by atoms with E-state index in [0.717, 1.165) is 5.56 Å². The molecule has 0 saturated carbocycles. The Labute approximate surface area is 183 Å². The molecule has 166 valence electrons. The Kier molecular flexibility index (Phi) is 6.13. The maximum atomic E-state index is 13.4. The number of aromatic nitrogens is 2. The smallest absolute Gasteiger partial charge is 0.256 e. The van der Waals surface area contributed by atoms with Crippen LogP contribution in [0.4, 0.5) is 10.1 Å². The molecule has 4 rings (SSSR count). The Hall–Kier alpha value is -3.79. The van der Waals surface area contributed by atoms with Crippen LogP contribution in [0.2, 0.25) is 0 Å². The number of hydrogen-bond donors (Lipinski definition) is 2. The lowest BCUT2D eigenvalue weighted by molar-refractivity contribution is -0.123. The second kappa shape index (κ2) is 9.15. The summed E-state index contributed by atoms with van der Waals surface area (Å²) < 4.78 is 19.9. The fraction of sp³-hybridized carbons (Fsp3) is 0.273. The largest absolute Gasteiger partial charge is 0.375 e. The standard InChI is InChI=1S/C22H22FN5O4/c1-32-12-20(30)26-16-8-17(22(31)27-7-6-24-19(29)11-27)21-18(9-16)25-13-28(21)10-14-2-4-15(23)5-3-14/h2-5,8-9,13H,6-7,10-12H2,1H3,(H,24,29)(H,26,30). The summed E-state index contributed by atoms with van der Waals surface area (Å²) in [5.41, 5.74) is 2.61. The van der Waals surface area contributed by atoms with Gasteiger partial charge in [0.05, 0.1) is 29.5 Å². The van der Waals surface area contributed by atoms with Crippen LogP contribution in [-0.2, 0) is 20.9 Å². The quantitative estimate of drug-likeness (QED) is 0.604. The molecule has 0 bridgehead atoms. The van der Waals surface area contributed by atoms with E-state index in [1.54, 1.807) is 35.2 Å². The van der Waals surface area contributed by atoms with E-state index in [4.69, 9.17) is 4.74 Å². The fourth-order valence-corrected chi connectivity index (χ4v) is 3.66. The van der Waals surface area contributed by atoms with Crippen LogP contribution in [0.5, 0.6) is 0 Å². The molecule has 0 unspecified atom stereocenters. The highest BCUT2D eigenvalue weighted by atomic mass is 19.1. The highest BCUT2D eigenvalue weighted by molar-refractivity contribution is 6.08. The zero-order valence-corrected chi connectivity index (χ0v) is 17.4. The van der Waals surface area contributed by atoms with Gasteiger partial charge in [-0.05, 0) is 29.8 Å². The molecule has 2 aromatic carbocycles. The molecule has 0 spiro atoms. The Morgan fingerprint density at radius 2 is 2.03 bits per heavy atom. The molecule has 32 heavy (non-hydrogen) atoms. The Balaban J connectivity index is 1.75. The van der Waals surface area contributed by atoms with Crippen LogP contribution in [0.15, 0.2) is 42.7 Å². The minimum Gasteiger partial charge on any atom is -0.375 e. The first-order valence-corrected chi connectivity index (χ1v) is 10.0. The molecule has 3 amide bonds. The molecule has 2 N–H and O–H groups in total. The highest BCUT2D eigenvalue weighted by Crippen LogP contribution is 2.26. The summed E-state index contributed by atoms with van der Waals surface area (Å²) in [6, 6.07) is 9.32. The van der Waals surface area contributed by atoms with E-state index < -0.39 is 0 Å². The summed E-state index contributed by atoms with van der Waals surface area (Å²) in [5, 5.41) is 5.40. The van der Waals surface area contributed by atoms with Crippen LogP contribution in [0.3, 0.4) is 0 Å². The summed E-state index contributed by atoms with van der Waals surface area (Å²) in [7, 11) is 1.41. The third kappa shape index (κ3) is 4.59. The first-order chi connectivity index (χ1) is 15.4. The molecule has 0 atom stereocenters. The zero-order valence-electron chi connectivity index (χ0n) is 17.4. The number of rotatable bonds is 6. The van der Waals surface area contributed by atoms with Gasteiger partial charge in [0.25, 0.3) is 5.91 Å². The third-order valence-electron chi connectivity index (χ3n) is 5.09. The Morgan fingerprint density at radius 3 is 2.75 bits per heavy atom. The van der Waals surface area contributed by atoms with Gasteiger partial charge in [0, 0.05) is 32.4 Å². The summed E-state index contributed by atoms with van der Waals surface area (Å²) in [4.78, 5) is 43.1. The lowest BCUT2D eigenvalue weighted by Crippen LogP contribution is -2.50. The molecule has 10 heteroatoms. The summed E-state index contributed by atoms with van der Waals surface area (Å²) in [5.74, 6) is -1.27. The zero-order chi connectivity index (χ0) is 22.7. The van der Waals surface area contributed by atoms with Gasteiger partial charge < -0.3 is 24.8 Å². The number of carbonyl (C=O) groups excluding carboxylic acids is 3. The molecule has 1 fully saturated rings. The molecule has 1 aliphatic heterocycles. The SMILES string of the molecule is COCC(=O)Nc1cc(C(=O)N2CCNC(=O)C2)c2c(c1)ncn2Cc1ccc(F)cc1. The second-order valence-corrected chi connectivity index (χ2v) is 7.45. The number of hydrogen-bond acceptors (Lipinski definition) is 5. The molecule has 1 aliphatic rings. The van der Waals surface area contributed by atoms with Crippen molar-refractivity contribution >= 4 is 34.4 Å². The van der Waals surface area contributed by atoms with E-state index in [1.165, 1.54) is 24.1 Å². The molecular formula is C22H22FN5O4. The van der Waals surface area contributed by atoms with Gasteiger partial charge in [-0.2, -0.15) is 0 Å². The molecule has 1 saturated heterocycles. The molecule has 2 heterocycles. The van der Waals surface area contributed by atoms with Crippen LogP contribution >= 0.6 is 0 Å². The first-order valence-electron chi connectivity index (χ1n) is 10.0. The summed E-state index contributed by atoms with van der Waals surface area (Å²) in [6.45, 7) is 0.928. The highest BCUT2D eigenvalue weighted by Gasteiger charge is 2.26. The Bertz CT molecular complexity index is 1180. The predicted octanol–water partition coefficient (Wildman–Crippen LogP) is 1.38. The second-order valence-electron chi connectivity index (χ2n) is 7.45. The van der Waals surface area contributed by atoms with Gasteiger partial charge in [-0.15, -0.1) is 0 Å². The van der Waals surface area contributed by atoms with Crippen molar-refractivity contribution in [3.8, 4) is 0 Å². The molecule has 1 aromatic heterocycles. The molecule has 0 radical (unpaired) electrons. The number of carbonyl (C=O) groups is 3. The van der Waals surface area contributed by atoms with Crippen molar-refractivity contribution in [3.05, 3.63) is 59.7 Å². The van der Waals surface area contributed by atoms with Crippen molar-refractivity contribution in [1.82, 2.24) is 19.8 Å². The number of methoxy groups -OCH3 is 1. The average molecular weight is 439 g/mol. The van der Waals surface area contributed by atoms with Gasteiger partial charge in [0.2, 0.25) is 11.8 Å². The van der Waals surface area contributed by atoms with E-state index in [1.807, 2.05) is 0 Å². The van der Waals surface area contributed by atoms with Crippen molar-refractivity contribution in [1.29, 1.82) is 0 Å². The van der Waals surface area contributed by atoms with E-state index >= 15 is 0 Å². The number of ether oxygens (including phenoxy) is 1. The number of piperazine rings is 1. The van der Waals surface area contributed by atoms with E-state index in [9.17, 15) is 18.8 Å². The minimum atomic E-state index is -0.367. The summed E-state index contributed by atoms with van der Waals surface area (Å²) >= 11 is 0. The topological polar surface area (TPSA) is 106 Å². The number of nitrogens with one attached hydrogen (secondary N) is 2. The molecule has 0 aliphatic carbocycles. The van der Waals surface area contributed by atoms with Gasteiger partial charge >= 0.3 is 0 Å². The van der Waals surface area contributed by atoms with E-state index in [2.05, 4.69) is 15.6 Å². The van der Waals surface area contributed by atoms with Gasteiger partial charge in [-0.1, -0.05) is 12.1 Å². The van der Waals surface area contributed by atoms with Crippen LogP contribution in [0.25, 0.3) is 11.0 Å². The monoisotopic (exact) mass is 439 g/mol. The predicted molar refractivity (Wildman–Crippen MR) is 115 cm³/mol. The van der Waals surface area contributed by atoms with Gasteiger partial charge in [0.1, 0.15) is 12.4 Å². The van der Waals surface area contributed by atoms with Crippen molar-refractivity contribution in [3.63, 3.8) is 0 Å². The molecule has 3 aromatic rings. The Morgan fingerprint density at radius 1 is 1.25 bits per heavy atom. The maximum Gasteiger partial charge on any atom is 0.256 e. The van der Waals surface area contributed by atoms with Crippen molar-refractivity contribution < 1.29 is 23.5 Å². The van der Waals surface area contributed by atoms with Crippen LogP contribution in [0.1, 0.15) is 15.9 Å². The molecule has 9 nitrogen and oxygen atoms in total. The lowest BCUT2D eigenvalue weighted by Gasteiger charge is -2.27. The minimum absolute atomic E-state index is 0.0489. The van der Waals surface area contributed by atoms with Crippen molar-refractivity contribution in [2.45, 2.75) is 6.54 Å². The first kappa shape index (κ1) is 21.4. The third-order valence-corrected chi connectivity index (χ3v) is 5.09. The van der Waals surface area contributed by atoms with Crippen LogP contribution in [-0.4, -0.2) is 65.5 Å². The number of benzene rings is 2. The lowest BCUT2D eigenvalue weighted by atomic mass is 10.1. The maximum absolute atomic E-state index is 13.4. The number of imidazole rings is 1. The van der Waals surface area contributed by atoms with Gasteiger partial charge in [-0.25, -0.2) is 9.37 Å². The number of anilines is 1. The average Bonchev–Trinajstić information content (AvgIpc) is 3.17. The van der Waals surface area contributed by atoms with Crippen LogP contribution in [0, 0.1) is 5.82 Å². The number of fused-ring (bicyclic) bond motifs is 1. The fourth-order valence-electron chi connectivity index (χ4n) is 3.66.